The third-order valence-corrected chi connectivity index (χ3v) is 1.46. The van der Waals surface area contributed by atoms with Crippen LogP contribution >= 0.6 is 0 Å². The molecule has 1 unspecified atom stereocenters. The van der Waals surface area contributed by atoms with E-state index in [4.69, 9.17) is 4.74 Å². The highest BCUT2D eigenvalue weighted by atomic mass is 16.6. The Hall–Kier alpha value is -0.570. The molecular formula is C10H21NO2. The number of nitrogens with one attached hydrogen (secondary N) is 1. The molecule has 0 radical (unpaired) electrons. The van der Waals surface area contributed by atoms with E-state index in [-0.39, 0.29) is 17.6 Å². The maximum absolute atomic E-state index is 11.4. The van der Waals surface area contributed by atoms with Crippen LogP contribution in [0.4, 0.5) is 0 Å². The average Bonchev–Trinajstić information content (AvgIpc) is 1.96. The van der Waals surface area contributed by atoms with Gasteiger partial charge in [0.25, 0.3) is 0 Å². The lowest BCUT2D eigenvalue weighted by atomic mass is 10.2. The second-order valence-electron chi connectivity index (χ2n) is 4.21. The zero-order valence-corrected chi connectivity index (χ0v) is 9.31. The molecule has 1 N–H and O–H groups in total. The molecule has 0 aromatic rings. The number of rotatable bonds is 4. The number of hydrogen-bond donors (Lipinski definition) is 1. The van der Waals surface area contributed by atoms with Gasteiger partial charge in [0, 0.05) is 0 Å². The van der Waals surface area contributed by atoms with Crippen molar-refractivity contribution in [2.75, 3.05) is 6.54 Å². The molecule has 1 atom stereocenters. The van der Waals surface area contributed by atoms with Crippen molar-refractivity contribution in [2.24, 2.45) is 0 Å². The molecule has 0 bridgehead atoms. The number of carbonyl (C=O) groups excluding carboxylic acids is 1. The number of hydrogen-bond acceptors (Lipinski definition) is 3. The minimum Gasteiger partial charge on any atom is -0.459 e. The Balaban J connectivity index is 3.83. The van der Waals surface area contributed by atoms with Crippen molar-refractivity contribution in [3.05, 3.63) is 0 Å². The average molecular weight is 187 g/mol. The lowest BCUT2D eigenvalue weighted by Crippen LogP contribution is -2.39. The van der Waals surface area contributed by atoms with Crippen molar-refractivity contribution in [1.82, 2.24) is 5.32 Å². The fourth-order valence-corrected chi connectivity index (χ4v) is 0.834. The monoisotopic (exact) mass is 187 g/mol. The van der Waals surface area contributed by atoms with E-state index in [1.165, 1.54) is 0 Å². The first-order valence-corrected chi connectivity index (χ1v) is 4.83. The van der Waals surface area contributed by atoms with Crippen LogP contribution in [-0.4, -0.2) is 24.2 Å². The molecule has 0 saturated heterocycles. The van der Waals surface area contributed by atoms with E-state index in [0.717, 1.165) is 13.0 Å². The van der Waals surface area contributed by atoms with Crippen LogP contribution in [0.15, 0.2) is 0 Å². The van der Waals surface area contributed by atoms with Crippen LogP contribution in [0.1, 0.15) is 41.0 Å². The molecule has 0 aliphatic carbocycles. The van der Waals surface area contributed by atoms with E-state index >= 15 is 0 Å². The topological polar surface area (TPSA) is 38.3 Å². The molecule has 0 aliphatic heterocycles. The van der Waals surface area contributed by atoms with Gasteiger partial charge in [0.15, 0.2) is 0 Å². The van der Waals surface area contributed by atoms with Crippen molar-refractivity contribution >= 4 is 5.97 Å². The van der Waals surface area contributed by atoms with Crippen molar-refractivity contribution in [1.29, 1.82) is 0 Å². The molecule has 0 rings (SSSR count). The summed E-state index contributed by atoms with van der Waals surface area (Å²) < 4.78 is 5.20. The summed E-state index contributed by atoms with van der Waals surface area (Å²) in [4.78, 5) is 11.4. The van der Waals surface area contributed by atoms with Gasteiger partial charge in [0.2, 0.25) is 0 Å². The Bertz CT molecular complexity index is 161. The molecule has 0 saturated carbocycles. The standard InChI is InChI=1S/C10H21NO2/c1-6-7-11-8(2)9(12)13-10(3,4)5/h8,11H,6-7H2,1-5H3. The molecule has 0 spiro atoms. The van der Waals surface area contributed by atoms with E-state index in [2.05, 4.69) is 12.2 Å². The van der Waals surface area contributed by atoms with Crippen LogP contribution in [-0.2, 0) is 9.53 Å². The van der Waals surface area contributed by atoms with Gasteiger partial charge in [0.1, 0.15) is 11.6 Å². The zero-order valence-electron chi connectivity index (χ0n) is 9.31. The fourth-order valence-electron chi connectivity index (χ4n) is 0.834. The van der Waals surface area contributed by atoms with Gasteiger partial charge in [-0.3, -0.25) is 4.79 Å². The highest BCUT2D eigenvalue weighted by Gasteiger charge is 2.20. The predicted molar refractivity (Wildman–Crippen MR) is 53.6 cm³/mol. The van der Waals surface area contributed by atoms with Crippen LogP contribution in [0.2, 0.25) is 0 Å². The molecule has 0 aliphatic rings. The van der Waals surface area contributed by atoms with E-state index in [1.807, 2.05) is 27.7 Å². The van der Waals surface area contributed by atoms with Crippen molar-refractivity contribution < 1.29 is 9.53 Å². The van der Waals surface area contributed by atoms with Crippen LogP contribution in [0, 0.1) is 0 Å². The van der Waals surface area contributed by atoms with Gasteiger partial charge in [-0.25, -0.2) is 0 Å². The SMILES string of the molecule is CCCNC(C)C(=O)OC(C)(C)C. The molecule has 3 nitrogen and oxygen atoms in total. The minimum absolute atomic E-state index is 0.180. The fraction of sp³-hybridized carbons (Fsp3) is 0.900. The summed E-state index contributed by atoms with van der Waals surface area (Å²) in [6.45, 7) is 10.4. The van der Waals surface area contributed by atoms with Crippen LogP contribution < -0.4 is 5.32 Å². The number of esters is 1. The highest BCUT2D eigenvalue weighted by molar-refractivity contribution is 5.75. The van der Waals surface area contributed by atoms with Crippen molar-refractivity contribution in [3.63, 3.8) is 0 Å². The minimum atomic E-state index is -0.390. The Morgan fingerprint density at radius 2 is 2.00 bits per heavy atom. The molecule has 0 heterocycles. The third kappa shape index (κ3) is 6.58. The molecule has 3 heteroatoms. The van der Waals surface area contributed by atoms with E-state index in [1.54, 1.807) is 0 Å². The Labute approximate surface area is 80.8 Å². The molecule has 0 amide bonds. The summed E-state index contributed by atoms with van der Waals surface area (Å²) >= 11 is 0. The largest absolute Gasteiger partial charge is 0.459 e. The van der Waals surface area contributed by atoms with E-state index < -0.39 is 0 Å². The first kappa shape index (κ1) is 12.4. The molecule has 0 fully saturated rings. The Morgan fingerprint density at radius 3 is 2.38 bits per heavy atom. The first-order chi connectivity index (χ1) is 5.87. The normalized spacial score (nSPS) is 13.9. The van der Waals surface area contributed by atoms with Crippen LogP contribution in [0.3, 0.4) is 0 Å². The summed E-state index contributed by atoms with van der Waals surface area (Å²) in [5.74, 6) is -0.180. The van der Waals surface area contributed by atoms with Gasteiger partial charge >= 0.3 is 5.97 Å². The zero-order chi connectivity index (χ0) is 10.5. The molecule has 0 aromatic heterocycles. The van der Waals surface area contributed by atoms with Crippen LogP contribution in [0.25, 0.3) is 0 Å². The summed E-state index contributed by atoms with van der Waals surface area (Å²) in [6.07, 6.45) is 1.02. The summed E-state index contributed by atoms with van der Waals surface area (Å²) in [6, 6.07) is -0.209. The second kappa shape index (κ2) is 5.22. The highest BCUT2D eigenvalue weighted by Crippen LogP contribution is 2.08. The molecular weight excluding hydrogens is 166 g/mol. The maximum atomic E-state index is 11.4. The summed E-state index contributed by atoms with van der Waals surface area (Å²) in [7, 11) is 0. The maximum Gasteiger partial charge on any atom is 0.323 e. The predicted octanol–water partition coefficient (Wildman–Crippen LogP) is 1.72. The summed E-state index contributed by atoms with van der Waals surface area (Å²) in [5, 5.41) is 3.08. The molecule has 0 aromatic carbocycles. The summed E-state index contributed by atoms with van der Waals surface area (Å²) in [5.41, 5.74) is -0.390. The Kier molecular flexibility index (Phi) is 4.99. The molecule has 13 heavy (non-hydrogen) atoms. The molecule has 78 valence electrons. The number of ether oxygens (including phenoxy) is 1. The quantitative estimate of drug-likeness (QED) is 0.681. The van der Waals surface area contributed by atoms with E-state index in [0.29, 0.717) is 0 Å². The van der Waals surface area contributed by atoms with Gasteiger partial charge in [-0.1, -0.05) is 6.92 Å². The van der Waals surface area contributed by atoms with Gasteiger partial charge in [0.05, 0.1) is 0 Å². The van der Waals surface area contributed by atoms with Crippen molar-refractivity contribution in [2.45, 2.75) is 52.7 Å². The van der Waals surface area contributed by atoms with E-state index in [9.17, 15) is 4.79 Å². The van der Waals surface area contributed by atoms with Gasteiger partial charge in [-0.2, -0.15) is 0 Å². The van der Waals surface area contributed by atoms with Gasteiger partial charge in [-0.05, 0) is 40.7 Å². The van der Waals surface area contributed by atoms with Crippen molar-refractivity contribution in [3.8, 4) is 0 Å². The Morgan fingerprint density at radius 1 is 1.46 bits per heavy atom. The van der Waals surface area contributed by atoms with Gasteiger partial charge in [-0.15, -0.1) is 0 Å². The van der Waals surface area contributed by atoms with Gasteiger partial charge < -0.3 is 10.1 Å². The van der Waals surface area contributed by atoms with Crippen LogP contribution in [0.5, 0.6) is 0 Å². The lowest BCUT2D eigenvalue weighted by Gasteiger charge is -2.22. The second-order valence-corrected chi connectivity index (χ2v) is 4.21. The smallest absolute Gasteiger partial charge is 0.323 e. The third-order valence-electron chi connectivity index (χ3n) is 1.46. The first-order valence-electron chi connectivity index (χ1n) is 4.83. The lowest BCUT2D eigenvalue weighted by molar-refractivity contribution is -0.156. The number of carbonyl (C=O) groups is 1.